The van der Waals surface area contributed by atoms with Gasteiger partial charge in [-0.1, -0.05) is 19.9 Å². The summed E-state index contributed by atoms with van der Waals surface area (Å²) in [6.07, 6.45) is 0.449. The number of aliphatic carboxylic acids is 1. The maximum Gasteiger partial charge on any atom is 0.308 e. The number of carbonyl (C=O) groups is 2. The van der Waals surface area contributed by atoms with Gasteiger partial charge in [0.15, 0.2) is 0 Å². The van der Waals surface area contributed by atoms with Gasteiger partial charge in [0.1, 0.15) is 0 Å². The summed E-state index contributed by atoms with van der Waals surface area (Å²) >= 11 is 0. The highest BCUT2D eigenvalue weighted by Gasteiger charge is 2.20. The number of nitrogens with one attached hydrogen (secondary N) is 1. The van der Waals surface area contributed by atoms with Crippen LogP contribution in [0.5, 0.6) is 0 Å². The van der Waals surface area contributed by atoms with Crippen LogP contribution in [0.4, 0.5) is 5.69 Å². The van der Waals surface area contributed by atoms with E-state index in [4.69, 9.17) is 5.11 Å². The van der Waals surface area contributed by atoms with E-state index >= 15 is 0 Å². The number of rotatable bonds is 7. The highest BCUT2D eigenvalue weighted by Crippen LogP contribution is 2.14. The molecule has 0 aliphatic heterocycles. The van der Waals surface area contributed by atoms with Crippen LogP contribution in [0.2, 0.25) is 0 Å². The number of non-ortho nitro benzene ring substituents is 1. The Hall–Kier alpha value is -2.44. The van der Waals surface area contributed by atoms with E-state index in [0.717, 1.165) is 6.07 Å². The quantitative estimate of drug-likeness (QED) is 0.591. The van der Waals surface area contributed by atoms with E-state index in [9.17, 15) is 19.7 Å². The van der Waals surface area contributed by atoms with Gasteiger partial charge in [-0.05, 0) is 18.4 Å². The maximum absolute atomic E-state index is 11.9. The normalized spacial score (nSPS) is 12.0. The number of benzene rings is 1. The minimum absolute atomic E-state index is 0.00492. The van der Waals surface area contributed by atoms with Gasteiger partial charge in [0.2, 0.25) is 0 Å². The molecule has 0 bridgehead atoms. The summed E-state index contributed by atoms with van der Waals surface area (Å²) in [5, 5.41) is 22.2. The largest absolute Gasteiger partial charge is 0.481 e. The fraction of sp³-hybridized carbons (Fsp3) is 0.429. The van der Waals surface area contributed by atoms with Gasteiger partial charge in [0, 0.05) is 24.2 Å². The number of amides is 1. The van der Waals surface area contributed by atoms with Gasteiger partial charge in [-0.25, -0.2) is 0 Å². The summed E-state index contributed by atoms with van der Waals surface area (Å²) in [7, 11) is 0. The van der Waals surface area contributed by atoms with Crippen molar-refractivity contribution in [1.29, 1.82) is 0 Å². The van der Waals surface area contributed by atoms with Gasteiger partial charge >= 0.3 is 5.97 Å². The molecule has 0 saturated carbocycles. The standard InChI is InChI=1S/C14H18N2O5/c1-9(2)6-11(14(18)19)8-15-13(17)10-4-3-5-12(7-10)16(20)21/h3-5,7,9,11H,6,8H2,1-2H3,(H,15,17)(H,18,19). The van der Waals surface area contributed by atoms with Crippen molar-refractivity contribution in [2.24, 2.45) is 11.8 Å². The Labute approximate surface area is 122 Å². The minimum atomic E-state index is -0.969. The van der Waals surface area contributed by atoms with E-state index in [1.807, 2.05) is 13.8 Å². The molecule has 0 aromatic heterocycles. The molecular formula is C14H18N2O5. The summed E-state index contributed by atoms with van der Waals surface area (Å²) in [4.78, 5) is 33.1. The van der Waals surface area contributed by atoms with E-state index in [-0.39, 0.29) is 23.7 Å². The fourth-order valence-electron chi connectivity index (χ4n) is 1.92. The molecule has 1 aromatic carbocycles. The number of carbonyl (C=O) groups excluding carboxylic acids is 1. The molecule has 0 radical (unpaired) electrons. The van der Waals surface area contributed by atoms with Crippen LogP contribution < -0.4 is 5.32 Å². The zero-order valence-corrected chi connectivity index (χ0v) is 11.9. The number of nitro benzene ring substituents is 1. The molecule has 0 spiro atoms. The van der Waals surface area contributed by atoms with Gasteiger partial charge in [-0.3, -0.25) is 19.7 Å². The van der Waals surface area contributed by atoms with Crippen molar-refractivity contribution in [2.75, 3.05) is 6.54 Å². The van der Waals surface area contributed by atoms with E-state index in [1.54, 1.807) is 0 Å². The average Bonchev–Trinajstić information content (AvgIpc) is 2.42. The Kier molecular flexibility index (Phi) is 5.83. The van der Waals surface area contributed by atoms with Crippen molar-refractivity contribution in [3.63, 3.8) is 0 Å². The number of carboxylic acids is 1. The molecule has 114 valence electrons. The van der Waals surface area contributed by atoms with Gasteiger partial charge in [-0.2, -0.15) is 0 Å². The molecular weight excluding hydrogens is 276 g/mol. The van der Waals surface area contributed by atoms with Gasteiger partial charge < -0.3 is 10.4 Å². The number of hydrogen-bond acceptors (Lipinski definition) is 4. The van der Waals surface area contributed by atoms with Gasteiger partial charge in [0.05, 0.1) is 10.8 Å². The predicted octanol–water partition coefficient (Wildman–Crippen LogP) is 2.07. The first-order valence-electron chi connectivity index (χ1n) is 6.56. The van der Waals surface area contributed by atoms with E-state index in [1.165, 1.54) is 18.2 Å². The first kappa shape index (κ1) is 16.6. The summed E-state index contributed by atoms with van der Waals surface area (Å²) < 4.78 is 0. The van der Waals surface area contributed by atoms with Crippen LogP contribution in [0.25, 0.3) is 0 Å². The summed E-state index contributed by atoms with van der Waals surface area (Å²) in [6.45, 7) is 3.80. The van der Waals surface area contributed by atoms with Crippen molar-refractivity contribution >= 4 is 17.6 Å². The third-order valence-corrected chi connectivity index (χ3v) is 2.93. The fourth-order valence-corrected chi connectivity index (χ4v) is 1.92. The SMILES string of the molecule is CC(C)CC(CNC(=O)c1cccc([N+](=O)[O-])c1)C(=O)O. The number of carboxylic acid groups (broad SMARTS) is 1. The lowest BCUT2D eigenvalue weighted by Gasteiger charge is -2.15. The molecule has 1 rings (SSSR count). The van der Waals surface area contributed by atoms with Crippen LogP contribution in [0.1, 0.15) is 30.6 Å². The Bertz CT molecular complexity index is 542. The van der Waals surface area contributed by atoms with Crippen molar-refractivity contribution in [2.45, 2.75) is 20.3 Å². The van der Waals surface area contributed by atoms with Crippen LogP contribution in [0.15, 0.2) is 24.3 Å². The lowest BCUT2D eigenvalue weighted by molar-refractivity contribution is -0.384. The van der Waals surface area contributed by atoms with Crippen LogP contribution in [-0.2, 0) is 4.79 Å². The second-order valence-corrected chi connectivity index (χ2v) is 5.18. The summed E-state index contributed by atoms with van der Waals surface area (Å²) in [5.41, 5.74) is -0.0440. The smallest absolute Gasteiger partial charge is 0.308 e. The molecule has 7 nitrogen and oxygen atoms in total. The summed E-state index contributed by atoms with van der Waals surface area (Å²) in [6, 6.07) is 5.31. The van der Waals surface area contributed by atoms with E-state index in [0.29, 0.717) is 6.42 Å². The monoisotopic (exact) mass is 294 g/mol. The molecule has 0 aliphatic carbocycles. The molecule has 0 fully saturated rings. The molecule has 0 aliphatic rings. The molecule has 1 aromatic rings. The molecule has 0 saturated heterocycles. The Morgan fingerprint density at radius 1 is 1.38 bits per heavy atom. The van der Waals surface area contributed by atoms with Crippen molar-refractivity contribution < 1.29 is 19.6 Å². The molecule has 1 atom stereocenters. The molecule has 2 N–H and O–H groups in total. The number of nitro groups is 1. The average molecular weight is 294 g/mol. The Morgan fingerprint density at radius 2 is 2.05 bits per heavy atom. The third-order valence-electron chi connectivity index (χ3n) is 2.93. The molecule has 1 amide bonds. The second kappa shape index (κ2) is 7.37. The predicted molar refractivity (Wildman–Crippen MR) is 76.0 cm³/mol. The van der Waals surface area contributed by atoms with E-state index in [2.05, 4.69) is 5.32 Å². The lowest BCUT2D eigenvalue weighted by Crippen LogP contribution is -2.33. The highest BCUT2D eigenvalue weighted by molar-refractivity contribution is 5.95. The van der Waals surface area contributed by atoms with Gasteiger partial charge in [-0.15, -0.1) is 0 Å². The Morgan fingerprint density at radius 3 is 2.57 bits per heavy atom. The summed E-state index contributed by atoms with van der Waals surface area (Å²) in [5.74, 6) is -1.97. The molecule has 1 unspecified atom stereocenters. The minimum Gasteiger partial charge on any atom is -0.481 e. The van der Waals surface area contributed by atoms with E-state index < -0.39 is 22.7 Å². The zero-order chi connectivity index (χ0) is 16.0. The Balaban J connectivity index is 2.70. The topological polar surface area (TPSA) is 110 Å². The molecule has 21 heavy (non-hydrogen) atoms. The highest BCUT2D eigenvalue weighted by atomic mass is 16.6. The number of nitrogens with zero attached hydrogens (tertiary/aromatic N) is 1. The first-order valence-corrected chi connectivity index (χ1v) is 6.56. The molecule has 7 heteroatoms. The van der Waals surface area contributed by atoms with Gasteiger partial charge in [0.25, 0.3) is 11.6 Å². The lowest BCUT2D eigenvalue weighted by atomic mass is 9.97. The number of hydrogen-bond donors (Lipinski definition) is 2. The maximum atomic E-state index is 11.9. The van der Waals surface area contributed by atoms with Crippen molar-refractivity contribution in [3.05, 3.63) is 39.9 Å². The third kappa shape index (κ3) is 5.21. The first-order chi connectivity index (χ1) is 9.81. The van der Waals surface area contributed by atoms with Crippen molar-refractivity contribution in [3.8, 4) is 0 Å². The van der Waals surface area contributed by atoms with Crippen LogP contribution >= 0.6 is 0 Å². The van der Waals surface area contributed by atoms with Crippen LogP contribution in [0.3, 0.4) is 0 Å². The second-order valence-electron chi connectivity index (χ2n) is 5.18. The van der Waals surface area contributed by atoms with Crippen molar-refractivity contribution in [1.82, 2.24) is 5.32 Å². The molecule has 0 heterocycles. The van der Waals surface area contributed by atoms with Crippen LogP contribution in [-0.4, -0.2) is 28.5 Å². The zero-order valence-electron chi connectivity index (χ0n) is 11.9. The van der Waals surface area contributed by atoms with Crippen LogP contribution in [0, 0.1) is 22.0 Å².